The number of nitrogens with zero attached hydrogens (tertiary/aromatic N) is 2. The summed E-state index contributed by atoms with van der Waals surface area (Å²) >= 11 is 7.18. The molecule has 102 valence electrons. The standard InChI is InChI=1S/C12H20ClN3OS/c1-7(13)12(5,6)14-10(17)8-9(11(2,3)4)15-16-18-8/h7H,1-6H3,(H,14,17). The number of halogens is 1. The van der Waals surface area contributed by atoms with Gasteiger partial charge in [-0.1, -0.05) is 25.3 Å². The van der Waals surface area contributed by atoms with Crippen LogP contribution < -0.4 is 5.32 Å². The molecule has 0 aliphatic carbocycles. The van der Waals surface area contributed by atoms with Crippen LogP contribution in [0.4, 0.5) is 0 Å². The first-order valence-corrected chi connectivity index (χ1v) is 7.06. The summed E-state index contributed by atoms with van der Waals surface area (Å²) in [5.41, 5.74) is 0.0526. The smallest absolute Gasteiger partial charge is 0.265 e. The molecule has 4 nitrogen and oxygen atoms in total. The third-order valence-electron chi connectivity index (χ3n) is 2.83. The summed E-state index contributed by atoms with van der Waals surface area (Å²) in [6.07, 6.45) is 0. The lowest BCUT2D eigenvalue weighted by atomic mass is 9.91. The number of carbonyl (C=O) groups excluding carboxylic acids is 1. The van der Waals surface area contributed by atoms with Crippen LogP contribution in [0.1, 0.15) is 56.9 Å². The van der Waals surface area contributed by atoms with E-state index in [-0.39, 0.29) is 16.7 Å². The molecule has 1 amide bonds. The van der Waals surface area contributed by atoms with E-state index in [1.807, 2.05) is 41.5 Å². The van der Waals surface area contributed by atoms with Crippen molar-refractivity contribution in [3.63, 3.8) is 0 Å². The predicted molar refractivity (Wildman–Crippen MR) is 75.5 cm³/mol. The lowest BCUT2D eigenvalue weighted by Crippen LogP contribution is -2.49. The molecule has 1 aromatic rings. The molecule has 0 saturated carbocycles. The number of carbonyl (C=O) groups is 1. The Hall–Kier alpha value is -0.680. The number of amides is 1. The molecule has 0 bridgehead atoms. The van der Waals surface area contributed by atoms with E-state index < -0.39 is 5.54 Å². The molecule has 1 aromatic heterocycles. The Morgan fingerprint density at radius 1 is 1.33 bits per heavy atom. The highest BCUT2D eigenvalue weighted by molar-refractivity contribution is 7.08. The molecule has 0 aliphatic rings. The molecule has 6 heteroatoms. The zero-order valence-corrected chi connectivity index (χ0v) is 13.2. The van der Waals surface area contributed by atoms with Gasteiger partial charge in [0.1, 0.15) is 4.88 Å². The second-order valence-corrected chi connectivity index (χ2v) is 7.40. The second-order valence-electron chi connectivity index (χ2n) is 5.99. The molecule has 0 aromatic carbocycles. The van der Waals surface area contributed by atoms with Gasteiger partial charge in [-0.3, -0.25) is 4.79 Å². The molecule has 1 heterocycles. The van der Waals surface area contributed by atoms with Gasteiger partial charge in [-0.25, -0.2) is 0 Å². The van der Waals surface area contributed by atoms with Crippen molar-refractivity contribution in [1.82, 2.24) is 14.9 Å². The van der Waals surface area contributed by atoms with Crippen LogP contribution in [0.5, 0.6) is 0 Å². The molecular weight excluding hydrogens is 270 g/mol. The largest absolute Gasteiger partial charge is 0.345 e. The summed E-state index contributed by atoms with van der Waals surface area (Å²) < 4.78 is 3.88. The van der Waals surface area contributed by atoms with Crippen molar-refractivity contribution >= 4 is 29.0 Å². The maximum Gasteiger partial charge on any atom is 0.265 e. The molecule has 0 radical (unpaired) electrons. The predicted octanol–water partition coefficient (Wildman–Crippen LogP) is 2.97. The van der Waals surface area contributed by atoms with Crippen LogP contribution in [-0.2, 0) is 5.41 Å². The fourth-order valence-corrected chi connectivity index (χ4v) is 2.11. The van der Waals surface area contributed by atoms with E-state index in [1.165, 1.54) is 0 Å². The van der Waals surface area contributed by atoms with Gasteiger partial charge >= 0.3 is 0 Å². The molecule has 0 saturated heterocycles. The average molecular weight is 290 g/mol. The minimum Gasteiger partial charge on any atom is -0.345 e. The Balaban J connectivity index is 2.97. The van der Waals surface area contributed by atoms with Crippen LogP contribution in [0, 0.1) is 0 Å². The molecule has 0 spiro atoms. The highest BCUT2D eigenvalue weighted by atomic mass is 35.5. The molecule has 1 N–H and O–H groups in total. The van der Waals surface area contributed by atoms with Gasteiger partial charge in [0.2, 0.25) is 0 Å². The van der Waals surface area contributed by atoms with Crippen molar-refractivity contribution in [2.24, 2.45) is 0 Å². The Bertz CT molecular complexity index is 435. The topological polar surface area (TPSA) is 54.9 Å². The zero-order chi connectivity index (χ0) is 14.1. The van der Waals surface area contributed by atoms with Crippen molar-refractivity contribution in [2.45, 2.75) is 57.9 Å². The summed E-state index contributed by atoms with van der Waals surface area (Å²) in [7, 11) is 0. The summed E-state index contributed by atoms with van der Waals surface area (Å²) in [5, 5.41) is 6.82. The summed E-state index contributed by atoms with van der Waals surface area (Å²) in [6.45, 7) is 11.7. The van der Waals surface area contributed by atoms with Crippen molar-refractivity contribution < 1.29 is 4.79 Å². The lowest BCUT2D eigenvalue weighted by molar-refractivity contribution is 0.0914. The summed E-state index contributed by atoms with van der Waals surface area (Å²) in [6, 6.07) is 0. The zero-order valence-electron chi connectivity index (χ0n) is 11.7. The second kappa shape index (κ2) is 5.13. The molecule has 0 aliphatic heterocycles. The highest BCUT2D eigenvalue weighted by Crippen LogP contribution is 2.26. The van der Waals surface area contributed by atoms with Crippen LogP contribution in [0.2, 0.25) is 0 Å². The van der Waals surface area contributed by atoms with Gasteiger partial charge in [-0.2, -0.15) is 0 Å². The summed E-state index contributed by atoms with van der Waals surface area (Å²) in [4.78, 5) is 12.8. The van der Waals surface area contributed by atoms with Crippen LogP contribution in [0.15, 0.2) is 0 Å². The minimum atomic E-state index is -0.474. The number of alkyl halides is 1. The van der Waals surface area contributed by atoms with Gasteiger partial charge in [0.05, 0.1) is 16.6 Å². The summed E-state index contributed by atoms with van der Waals surface area (Å²) in [5.74, 6) is -0.160. The normalized spacial score (nSPS) is 14.4. The first kappa shape index (κ1) is 15.4. The number of rotatable bonds is 3. The SMILES string of the molecule is CC(Cl)C(C)(C)NC(=O)c1snnc1C(C)(C)C. The lowest BCUT2D eigenvalue weighted by Gasteiger charge is -2.29. The van der Waals surface area contributed by atoms with E-state index in [0.717, 1.165) is 17.2 Å². The molecule has 0 fully saturated rings. The van der Waals surface area contributed by atoms with Crippen molar-refractivity contribution in [1.29, 1.82) is 0 Å². The Kier molecular flexibility index (Phi) is 4.38. The van der Waals surface area contributed by atoms with E-state index >= 15 is 0 Å². The van der Waals surface area contributed by atoms with Crippen molar-refractivity contribution in [3.05, 3.63) is 10.6 Å². The van der Waals surface area contributed by atoms with E-state index in [2.05, 4.69) is 14.9 Å². The maximum atomic E-state index is 12.3. The third kappa shape index (κ3) is 3.42. The molecule has 18 heavy (non-hydrogen) atoms. The molecule has 1 atom stereocenters. The van der Waals surface area contributed by atoms with E-state index in [1.54, 1.807) is 0 Å². The van der Waals surface area contributed by atoms with Crippen molar-refractivity contribution in [3.8, 4) is 0 Å². The van der Waals surface area contributed by atoms with Gasteiger partial charge in [-0.15, -0.1) is 16.7 Å². The van der Waals surface area contributed by atoms with E-state index in [4.69, 9.17) is 11.6 Å². The molecular formula is C12H20ClN3OS. The Labute approximate surface area is 117 Å². The average Bonchev–Trinajstić information content (AvgIpc) is 2.63. The molecule has 1 rings (SSSR count). The van der Waals surface area contributed by atoms with Crippen LogP contribution in [-0.4, -0.2) is 26.4 Å². The monoisotopic (exact) mass is 289 g/mol. The van der Waals surface area contributed by atoms with Gasteiger partial charge in [0.15, 0.2) is 0 Å². The Morgan fingerprint density at radius 2 is 1.89 bits per heavy atom. The minimum absolute atomic E-state index is 0.160. The third-order valence-corrected chi connectivity index (χ3v) is 4.10. The van der Waals surface area contributed by atoms with Gasteiger partial charge in [0.25, 0.3) is 5.91 Å². The van der Waals surface area contributed by atoms with E-state index in [0.29, 0.717) is 4.88 Å². The highest BCUT2D eigenvalue weighted by Gasteiger charge is 2.31. The van der Waals surface area contributed by atoms with Crippen molar-refractivity contribution in [2.75, 3.05) is 0 Å². The number of nitrogens with one attached hydrogen (secondary N) is 1. The maximum absolute atomic E-state index is 12.3. The fourth-order valence-electron chi connectivity index (χ4n) is 1.28. The van der Waals surface area contributed by atoms with Crippen LogP contribution in [0.25, 0.3) is 0 Å². The number of hydrogen-bond acceptors (Lipinski definition) is 4. The van der Waals surface area contributed by atoms with Gasteiger partial charge in [0, 0.05) is 5.41 Å². The van der Waals surface area contributed by atoms with Crippen LogP contribution in [0.3, 0.4) is 0 Å². The Morgan fingerprint density at radius 3 is 2.33 bits per heavy atom. The number of hydrogen-bond donors (Lipinski definition) is 1. The van der Waals surface area contributed by atoms with Gasteiger partial charge < -0.3 is 5.32 Å². The molecule has 1 unspecified atom stereocenters. The fraction of sp³-hybridized carbons (Fsp3) is 0.750. The van der Waals surface area contributed by atoms with Crippen LogP contribution >= 0.6 is 23.1 Å². The van der Waals surface area contributed by atoms with Gasteiger partial charge in [-0.05, 0) is 32.3 Å². The number of aromatic nitrogens is 2. The quantitative estimate of drug-likeness (QED) is 0.871. The first-order valence-electron chi connectivity index (χ1n) is 5.85. The first-order chi connectivity index (χ1) is 8.05. The van der Waals surface area contributed by atoms with E-state index in [9.17, 15) is 4.79 Å².